The Labute approximate surface area is 191 Å². The first kappa shape index (κ1) is 18.4. The number of nitrogens with zero attached hydrogens (tertiary/aromatic N) is 1. The van der Waals surface area contributed by atoms with Gasteiger partial charge in [0.15, 0.2) is 6.20 Å². The van der Waals surface area contributed by atoms with E-state index >= 15 is 0 Å². The van der Waals surface area contributed by atoms with E-state index in [-0.39, 0.29) is 0 Å². The van der Waals surface area contributed by atoms with Crippen LogP contribution in [0.3, 0.4) is 0 Å². The molecular weight excluding hydrogens is 402 g/mol. The quantitative estimate of drug-likeness (QED) is 0.194. The van der Waals surface area contributed by atoms with Crippen molar-refractivity contribution in [1.29, 1.82) is 0 Å². The van der Waals surface area contributed by atoms with Gasteiger partial charge in [0.2, 0.25) is 5.69 Å². The molecule has 0 aliphatic carbocycles. The van der Waals surface area contributed by atoms with E-state index in [1.165, 1.54) is 48.7 Å². The van der Waals surface area contributed by atoms with Crippen molar-refractivity contribution in [2.45, 2.75) is 6.92 Å². The van der Waals surface area contributed by atoms with Crippen molar-refractivity contribution in [3.8, 4) is 11.3 Å². The van der Waals surface area contributed by atoms with Crippen molar-refractivity contribution in [2.24, 2.45) is 7.05 Å². The summed E-state index contributed by atoms with van der Waals surface area (Å²) >= 11 is 0. The largest absolute Gasteiger partial charge is 0.455 e. The summed E-state index contributed by atoms with van der Waals surface area (Å²) in [4.78, 5) is 0. The Balaban J connectivity index is 1.75. The van der Waals surface area contributed by atoms with Crippen molar-refractivity contribution in [3.05, 3.63) is 103 Å². The Bertz CT molecular complexity index is 1860. The number of rotatable bonds is 1. The predicted molar refractivity (Wildman–Crippen MR) is 138 cm³/mol. The van der Waals surface area contributed by atoms with Gasteiger partial charge in [0.25, 0.3) is 0 Å². The predicted octanol–water partition coefficient (Wildman–Crippen LogP) is 7.85. The minimum Gasteiger partial charge on any atom is -0.455 e. The first-order valence-corrected chi connectivity index (χ1v) is 11.4. The van der Waals surface area contributed by atoms with Gasteiger partial charge in [-0.2, -0.15) is 0 Å². The maximum absolute atomic E-state index is 6.63. The van der Waals surface area contributed by atoms with E-state index in [2.05, 4.69) is 116 Å². The van der Waals surface area contributed by atoms with Gasteiger partial charge in [-0.3, -0.25) is 0 Å². The molecule has 0 N–H and O–H groups in total. The van der Waals surface area contributed by atoms with Crippen molar-refractivity contribution in [1.82, 2.24) is 0 Å². The number of pyridine rings is 1. The molecular formula is C31H22NO+. The van der Waals surface area contributed by atoms with Crippen molar-refractivity contribution in [3.63, 3.8) is 0 Å². The third-order valence-electron chi connectivity index (χ3n) is 7.03. The zero-order valence-corrected chi connectivity index (χ0v) is 18.6. The number of furan rings is 1. The number of aryl methyl sites for hydroxylation is 2. The highest BCUT2D eigenvalue weighted by atomic mass is 16.3. The Morgan fingerprint density at radius 2 is 1.18 bits per heavy atom. The topological polar surface area (TPSA) is 17.0 Å². The molecule has 0 aliphatic rings. The molecule has 156 valence electrons. The summed E-state index contributed by atoms with van der Waals surface area (Å²) in [6, 6.07) is 32.6. The normalized spacial score (nSPS) is 11.9. The van der Waals surface area contributed by atoms with Gasteiger partial charge in [-0.1, -0.05) is 60.7 Å². The van der Waals surface area contributed by atoms with Gasteiger partial charge in [0.05, 0.1) is 5.56 Å². The van der Waals surface area contributed by atoms with Crippen LogP contribution in [0.15, 0.2) is 102 Å². The molecule has 0 fully saturated rings. The molecule has 7 rings (SSSR count). The molecule has 2 nitrogen and oxygen atoms in total. The van der Waals surface area contributed by atoms with E-state index in [1.54, 1.807) is 0 Å². The second-order valence-corrected chi connectivity index (χ2v) is 8.89. The first-order valence-electron chi connectivity index (χ1n) is 11.4. The molecule has 33 heavy (non-hydrogen) atoms. The summed E-state index contributed by atoms with van der Waals surface area (Å²) in [6.07, 6.45) is 2.09. The van der Waals surface area contributed by atoms with E-state index in [4.69, 9.17) is 4.42 Å². The maximum Gasteiger partial charge on any atom is 0.216 e. The number of hydrogen-bond acceptors (Lipinski definition) is 1. The number of fused-ring (bicyclic) bond motifs is 10. The minimum atomic E-state index is 0.934. The molecule has 0 aliphatic heterocycles. The lowest BCUT2D eigenvalue weighted by Gasteiger charge is -2.11. The highest BCUT2D eigenvalue weighted by Crippen LogP contribution is 2.44. The standard InChI is InChI=1S/C31H22NO/c1-19-14-15-25-30-27(33-31(25)28(19)26-13-7-8-18-32(26)2)17-16-24-22-11-4-3-9-20(22)21-10-5-6-12-23(21)29(24)30/h3-18H,1-2H3/q+1. The van der Waals surface area contributed by atoms with E-state index < -0.39 is 0 Å². The summed E-state index contributed by atoms with van der Waals surface area (Å²) in [6.45, 7) is 2.16. The fraction of sp³-hybridized carbons (Fsp3) is 0.0645. The second-order valence-electron chi connectivity index (χ2n) is 8.89. The molecule has 2 heteroatoms. The van der Waals surface area contributed by atoms with E-state index in [0.29, 0.717) is 0 Å². The molecule has 0 atom stereocenters. The molecule has 0 unspecified atom stereocenters. The molecule has 0 saturated heterocycles. The van der Waals surface area contributed by atoms with Crippen LogP contribution in [-0.4, -0.2) is 0 Å². The van der Waals surface area contributed by atoms with Gasteiger partial charge in [-0.15, -0.1) is 0 Å². The lowest BCUT2D eigenvalue weighted by atomic mass is 9.91. The van der Waals surface area contributed by atoms with Crippen molar-refractivity contribution < 1.29 is 8.98 Å². The van der Waals surface area contributed by atoms with Crippen LogP contribution in [-0.2, 0) is 7.05 Å². The summed E-state index contributed by atoms with van der Waals surface area (Å²) in [5.41, 5.74) is 5.41. The Morgan fingerprint density at radius 3 is 1.91 bits per heavy atom. The fourth-order valence-electron chi connectivity index (χ4n) is 5.52. The van der Waals surface area contributed by atoms with Crippen LogP contribution < -0.4 is 4.57 Å². The van der Waals surface area contributed by atoms with Crippen LogP contribution in [0.2, 0.25) is 0 Å². The Kier molecular flexibility index (Phi) is 3.72. The fourth-order valence-corrected chi connectivity index (χ4v) is 5.52. The van der Waals surface area contributed by atoms with Crippen LogP contribution in [0, 0.1) is 6.92 Å². The maximum atomic E-state index is 6.63. The van der Waals surface area contributed by atoms with Gasteiger partial charge < -0.3 is 4.42 Å². The smallest absolute Gasteiger partial charge is 0.216 e. The number of hydrogen-bond donors (Lipinski definition) is 0. The highest BCUT2D eigenvalue weighted by Gasteiger charge is 2.22. The molecule has 0 bridgehead atoms. The molecule has 2 heterocycles. The van der Waals surface area contributed by atoms with E-state index in [1.807, 2.05) is 0 Å². The van der Waals surface area contributed by atoms with Crippen LogP contribution in [0.5, 0.6) is 0 Å². The molecule has 0 saturated carbocycles. The average molecular weight is 425 g/mol. The molecule has 7 aromatic rings. The van der Waals surface area contributed by atoms with Crippen LogP contribution in [0.25, 0.3) is 65.5 Å². The van der Waals surface area contributed by atoms with Gasteiger partial charge in [-0.05, 0) is 57.6 Å². The second kappa shape index (κ2) is 6.66. The average Bonchev–Trinajstić information content (AvgIpc) is 3.23. The Morgan fingerprint density at radius 1 is 0.576 bits per heavy atom. The van der Waals surface area contributed by atoms with Crippen LogP contribution in [0.4, 0.5) is 0 Å². The van der Waals surface area contributed by atoms with E-state index in [0.717, 1.165) is 22.4 Å². The lowest BCUT2D eigenvalue weighted by molar-refractivity contribution is -0.660. The molecule has 2 aromatic heterocycles. The Hall–Kier alpha value is -4.17. The van der Waals surface area contributed by atoms with Gasteiger partial charge in [-0.25, -0.2) is 4.57 Å². The zero-order chi connectivity index (χ0) is 22.1. The molecule has 0 amide bonds. The first-order chi connectivity index (χ1) is 16.2. The number of benzene rings is 5. The molecule has 0 spiro atoms. The zero-order valence-electron chi connectivity index (χ0n) is 18.6. The van der Waals surface area contributed by atoms with Gasteiger partial charge in [0, 0.05) is 28.3 Å². The van der Waals surface area contributed by atoms with Gasteiger partial charge >= 0.3 is 0 Å². The van der Waals surface area contributed by atoms with Gasteiger partial charge in [0.1, 0.15) is 18.2 Å². The SMILES string of the molecule is Cc1ccc2c(oc3ccc4c5ccccc5c5ccccc5c4c32)c1-c1cccc[n+]1C. The van der Waals surface area contributed by atoms with Crippen molar-refractivity contribution in [2.75, 3.05) is 0 Å². The third-order valence-corrected chi connectivity index (χ3v) is 7.03. The van der Waals surface area contributed by atoms with Crippen LogP contribution >= 0.6 is 0 Å². The summed E-state index contributed by atoms with van der Waals surface area (Å²) in [5, 5.41) is 10.0. The van der Waals surface area contributed by atoms with Crippen molar-refractivity contribution >= 4 is 54.3 Å². The summed E-state index contributed by atoms with van der Waals surface area (Å²) < 4.78 is 8.79. The molecule has 5 aromatic carbocycles. The summed E-state index contributed by atoms with van der Waals surface area (Å²) in [7, 11) is 2.09. The van der Waals surface area contributed by atoms with E-state index in [9.17, 15) is 0 Å². The monoisotopic (exact) mass is 424 g/mol. The third kappa shape index (κ3) is 2.46. The summed E-state index contributed by atoms with van der Waals surface area (Å²) in [5.74, 6) is 0. The molecule has 0 radical (unpaired) electrons. The lowest BCUT2D eigenvalue weighted by Crippen LogP contribution is -2.30. The number of aromatic nitrogens is 1. The highest BCUT2D eigenvalue weighted by molar-refractivity contribution is 6.34. The van der Waals surface area contributed by atoms with Crippen LogP contribution in [0.1, 0.15) is 5.56 Å². The minimum absolute atomic E-state index is 0.934.